The fraction of sp³-hybridized carbons (Fsp3) is 0.250. The molecule has 2 nitrogen and oxygen atoms in total. The second-order valence-electron chi connectivity index (χ2n) is 3.45. The second-order valence-corrected chi connectivity index (χ2v) is 5.34. The van der Waals surface area contributed by atoms with Crippen molar-refractivity contribution in [2.24, 2.45) is 0 Å². The Morgan fingerprint density at radius 3 is 3.06 bits per heavy atom. The molecule has 4 heteroatoms. The van der Waals surface area contributed by atoms with Crippen LogP contribution in [0.25, 0.3) is 0 Å². The summed E-state index contributed by atoms with van der Waals surface area (Å²) in [6, 6.07) is 6.12. The van der Waals surface area contributed by atoms with Crippen LogP contribution in [0.15, 0.2) is 34.2 Å². The van der Waals surface area contributed by atoms with Gasteiger partial charge in [0, 0.05) is 28.0 Å². The van der Waals surface area contributed by atoms with Crippen LogP contribution < -0.4 is 4.74 Å². The number of halogens is 1. The van der Waals surface area contributed by atoms with Gasteiger partial charge < -0.3 is 4.74 Å². The second kappa shape index (κ2) is 5.46. The van der Waals surface area contributed by atoms with Crippen LogP contribution in [0.1, 0.15) is 10.4 Å². The van der Waals surface area contributed by atoms with Crippen LogP contribution in [0.3, 0.4) is 0 Å². The van der Waals surface area contributed by atoms with Gasteiger partial charge in [0.05, 0.1) is 6.61 Å². The van der Waals surface area contributed by atoms with Crippen molar-refractivity contribution in [1.82, 2.24) is 4.98 Å². The van der Waals surface area contributed by atoms with E-state index in [0.717, 1.165) is 16.5 Å². The van der Waals surface area contributed by atoms with Crippen LogP contribution in [-0.2, 0) is 6.42 Å². The fourth-order valence-corrected chi connectivity index (χ4v) is 2.21. The summed E-state index contributed by atoms with van der Waals surface area (Å²) in [4.78, 5) is 5.53. The smallest absolute Gasteiger partial charge is 0.213 e. The lowest BCUT2D eigenvalue weighted by molar-refractivity contribution is 0.310. The lowest BCUT2D eigenvalue weighted by atomic mass is 10.3. The molecule has 2 aromatic rings. The molecule has 0 aliphatic rings. The third kappa shape index (κ3) is 3.06. The van der Waals surface area contributed by atoms with E-state index < -0.39 is 0 Å². The van der Waals surface area contributed by atoms with Crippen molar-refractivity contribution in [1.29, 1.82) is 0 Å². The minimum absolute atomic E-state index is 0.675. The first kappa shape index (κ1) is 11.6. The van der Waals surface area contributed by atoms with Crippen LogP contribution in [0.2, 0.25) is 0 Å². The molecule has 0 saturated heterocycles. The van der Waals surface area contributed by atoms with Crippen molar-refractivity contribution in [2.45, 2.75) is 13.3 Å². The van der Waals surface area contributed by atoms with Crippen molar-refractivity contribution < 1.29 is 4.74 Å². The molecule has 0 bridgehead atoms. The van der Waals surface area contributed by atoms with Crippen LogP contribution in [-0.4, -0.2) is 11.6 Å². The van der Waals surface area contributed by atoms with Crippen molar-refractivity contribution in [3.8, 4) is 5.88 Å². The number of hydrogen-bond acceptors (Lipinski definition) is 3. The summed E-state index contributed by atoms with van der Waals surface area (Å²) in [6.07, 6.45) is 2.71. The minimum atomic E-state index is 0.675. The Kier molecular flexibility index (Phi) is 3.96. The van der Waals surface area contributed by atoms with Gasteiger partial charge in [0.1, 0.15) is 0 Å². The van der Waals surface area contributed by atoms with Crippen LogP contribution >= 0.6 is 27.3 Å². The Morgan fingerprint density at radius 2 is 2.38 bits per heavy atom. The van der Waals surface area contributed by atoms with E-state index >= 15 is 0 Å². The van der Waals surface area contributed by atoms with Gasteiger partial charge in [-0.15, -0.1) is 11.3 Å². The summed E-state index contributed by atoms with van der Waals surface area (Å²) in [5, 5.41) is 2.08. The van der Waals surface area contributed by atoms with E-state index in [2.05, 4.69) is 38.4 Å². The summed E-state index contributed by atoms with van der Waals surface area (Å²) in [5.74, 6) is 0.692. The minimum Gasteiger partial charge on any atom is -0.477 e. The first-order chi connectivity index (χ1) is 7.75. The molecule has 84 valence electrons. The number of aromatic nitrogens is 1. The molecular formula is C12H12BrNOS. The van der Waals surface area contributed by atoms with Gasteiger partial charge in [-0.3, -0.25) is 0 Å². The highest BCUT2D eigenvalue weighted by atomic mass is 79.9. The van der Waals surface area contributed by atoms with Crippen LogP contribution in [0, 0.1) is 6.92 Å². The van der Waals surface area contributed by atoms with E-state index in [9.17, 15) is 0 Å². The fourth-order valence-electron chi connectivity index (χ4n) is 1.30. The predicted octanol–water partition coefficient (Wildman–Crippen LogP) is 3.84. The molecule has 0 amide bonds. The van der Waals surface area contributed by atoms with Gasteiger partial charge in [-0.05, 0) is 39.9 Å². The summed E-state index contributed by atoms with van der Waals surface area (Å²) in [5.41, 5.74) is 1.14. The monoisotopic (exact) mass is 297 g/mol. The normalized spacial score (nSPS) is 10.4. The first-order valence-electron chi connectivity index (χ1n) is 5.03. The maximum Gasteiger partial charge on any atom is 0.213 e. The van der Waals surface area contributed by atoms with Gasteiger partial charge in [-0.2, -0.15) is 0 Å². The Labute approximate surface area is 107 Å². The number of ether oxygens (including phenoxy) is 1. The highest BCUT2D eigenvalue weighted by molar-refractivity contribution is 9.10. The summed E-state index contributed by atoms with van der Waals surface area (Å²) in [6.45, 7) is 2.70. The lowest BCUT2D eigenvalue weighted by Crippen LogP contribution is -2.01. The molecule has 0 saturated carbocycles. The van der Waals surface area contributed by atoms with Crippen molar-refractivity contribution >= 4 is 27.3 Å². The van der Waals surface area contributed by atoms with Gasteiger partial charge >= 0.3 is 0 Å². The quantitative estimate of drug-likeness (QED) is 0.855. The molecule has 2 heterocycles. The molecule has 2 rings (SSSR count). The SMILES string of the molecule is Cc1cc(OCCc2cccs2)ncc1Br. The molecule has 0 radical (unpaired) electrons. The first-order valence-corrected chi connectivity index (χ1v) is 6.70. The molecule has 0 atom stereocenters. The van der Waals surface area contributed by atoms with Gasteiger partial charge in [0.2, 0.25) is 5.88 Å². The van der Waals surface area contributed by atoms with E-state index in [1.165, 1.54) is 4.88 Å². The molecule has 2 aromatic heterocycles. The summed E-state index contributed by atoms with van der Waals surface area (Å²) in [7, 11) is 0. The van der Waals surface area contributed by atoms with Gasteiger partial charge in [-0.25, -0.2) is 4.98 Å². The highest BCUT2D eigenvalue weighted by Gasteiger charge is 2.00. The third-order valence-corrected chi connectivity index (χ3v) is 3.97. The van der Waals surface area contributed by atoms with Gasteiger partial charge in [-0.1, -0.05) is 6.07 Å². The zero-order valence-corrected chi connectivity index (χ0v) is 11.3. The Balaban J connectivity index is 1.87. The molecule has 16 heavy (non-hydrogen) atoms. The maximum absolute atomic E-state index is 5.59. The van der Waals surface area contributed by atoms with E-state index in [-0.39, 0.29) is 0 Å². The molecule has 0 aliphatic heterocycles. The van der Waals surface area contributed by atoms with Crippen molar-refractivity contribution in [3.05, 3.63) is 44.7 Å². The van der Waals surface area contributed by atoms with E-state index in [4.69, 9.17) is 4.74 Å². The molecule has 0 fully saturated rings. The van der Waals surface area contributed by atoms with Crippen LogP contribution in [0.5, 0.6) is 5.88 Å². The number of nitrogens with zero attached hydrogens (tertiary/aromatic N) is 1. The van der Waals surface area contributed by atoms with Crippen LogP contribution in [0.4, 0.5) is 0 Å². The topological polar surface area (TPSA) is 22.1 Å². The summed E-state index contributed by atoms with van der Waals surface area (Å²) < 4.78 is 6.60. The zero-order valence-electron chi connectivity index (χ0n) is 8.94. The highest BCUT2D eigenvalue weighted by Crippen LogP contribution is 2.18. The Bertz CT molecular complexity index is 456. The molecule has 0 spiro atoms. The molecule has 0 aliphatic carbocycles. The van der Waals surface area contributed by atoms with Gasteiger partial charge in [0.25, 0.3) is 0 Å². The maximum atomic E-state index is 5.59. The molecule has 0 unspecified atom stereocenters. The average Bonchev–Trinajstić information content (AvgIpc) is 2.76. The summed E-state index contributed by atoms with van der Waals surface area (Å²) >= 11 is 5.17. The Morgan fingerprint density at radius 1 is 1.50 bits per heavy atom. The zero-order chi connectivity index (χ0) is 11.4. The van der Waals surface area contributed by atoms with E-state index in [1.807, 2.05) is 13.0 Å². The number of pyridine rings is 1. The predicted molar refractivity (Wildman–Crippen MR) is 70.2 cm³/mol. The standard InChI is InChI=1S/C12H12BrNOS/c1-9-7-12(14-8-11(9)13)15-5-4-10-3-2-6-16-10/h2-3,6-8H,4-5H2,1H3. The average molecular weight is 298 g/mol. The van der Waals surface area contributed by atoms with E-state index in [1.54, 1.807) is 17.5 Å². The van der Waals surface area contributed by atoms with Crippen molar-refractivity contribution in [3.63, 3.8) is 0 Å². The molecular weight excluding hydrogens is 286 g/mol. The van der Waals surface area contributed by atoms with Gasteiger partial charge in [0.15, 0.2) is 0 Å². The molecule has 0 N–H and O–H groups in total. The van der Waals surface area contributed by atoms with Crippen molar-refractivity contribution in [2.75, 3.05) is 6.61 Å². The van der Waals surface area contributed by atoms with E-state index in [0.29, 0.717) is 12.5 Å². The largest absolute Gasteiger partial charge is 0.477 e. The number of thiophene rings is 1. The Hall–Kier alpha value is -0.870. The number of rotatable bonds is 4. The third-order valence-electron chi connectivity index (χ3n) is 2.20. The lowest BCUT2D eigenvalue weighted by Gasteiger charge is -2.05. The number of aryl methyl sites for hydroxylation is 1. The number of hydrogen-bond donors (Lipinski definition) is 0. The molecule has 0 aromatic carbocycles.